The molecule has 2 fully saturated rings. The van der Waals surface area contributed by atoms with Gasteiger partial charge in [-0.15, -0.1) is 0 Å². The van der Waals surface area contributed by atoms with E-state index < -0.39 is 5.97 Å². The molecule has 2 heterocycles. The maximum Gasteiger partial charge on any atom is 0.303 e. The van der Waals surface area contributed by atoms with E-state index in [1.54, 1.807) is 0 Å². The van der Waals surface area contributed by atoms with Crippen molar-refractivity contribution in [1.29, 1.82) is 0 Å². The molecule has 29 heavy (non-hydrogen) atoms. The molecule has 0 bridgehead atoms. The topological polar surface area (TPSA) is 105 Å². The molecule has 0 aromatic rings. The lowest BCUT2D eigenvalue weighted by Crippen LogP contribution is -2.50. The number of hydrogen-bond donors (Lipinski definition) is 3. The van der Waals surface area contributed by atoms with Crippen molar-refractivity contribution in [2.75, 3.05) is 66.0 Å². The van der Waals surface area contributed by atoms with Crippen molar-refractivity contribution in [3.8, 4) is 0 Å². The van der Waals surface area contributed by atoms with Crippen molar-refractivity contribution in [3.05, 3.63) is 0 Å². The molecule has 2 aliphatic heterocycles. The molecule has 0 aromatic heterocycles. The molecule has 166 valence electrons. The van der Waals surface area contributed by atoms with Crippen LogP contribution in [-0.4, -0.2) is 110 Å². The van der Waals surface area contributed by atoms with Gasteiger partial charge in [-0.2, -0.15) is 0 Å². The van der Waals surface area contributed by atoms with Crippen LogP contribution in [-0.2, 0) is 14.4 Å². The molecule has 0 aromatic carbocycles. The number of carboxylic acids is 1. The molecule has 9 heteroatoms. The average molecular weight is 425 g/mol. The van der Waals surface area contributed by atoms with E-state index in [1.165, 1.54) is 0 Å². The number of rotatable bonds is 12. The van der Waals surface area contributed by atoms with Crippen molar-refractivity contribution >= 4 is 17.8 Å². The predicted molar refractivity (Wildman–Crippen MR) is 111 cm³/mol. The molecule has 0 radical (unpaired) electrons. The first-order valence-electron chi connectivity index (χ1n) is 10.8. The summed E-state index contributed by atoms with van der Waals surface area (Å²) < 4.78 is 0. The van der Waals surface area contributed by atoms with Crippen LogP contribution in [0.25, 0.3) is 0 Å². The highest BCUT2D eigenvalue weighted by Gasteiger charge is 2.28. The summed E-state index contributed by atoms with van der Waals surface area (Å²) in [6, 6.07) is 0.459. The number of carboxylic acid groups (broad SMARTS) is 1. The smallest absolute Gasteiger partial charge is 0.303 e. The van der Waals surface area contributed by atoms with Gasteiger partial charge in [0.05, 0.1) is 6.54 Å². The normalized spacial score (nSPS) is 21.2. The van der Waals surface area contributed by atoms with Crippen LogP contribution in [0.2, 0.25) is 0 Å². The fourth-order valence-corrected chi connectivity index (χ4v) is 3.91. The number of piperazine rings is 1. The van der Waals surface area contributed by atoms with Gasteiger partial charge in [-0.3, -0.25) is 24.2 Å². The van der Waals surface area contributed by atoms with E-state index in [1.807, 2.05) is 0 Å². The number of carbonyl (C=O) groups excluding carboxylic acids is 2. The number of likely N-dealkylation sites (N-methyl/N-ethyl adjacent to an activating group) is 1. The number of aliphatic carboxylic acids is 1. The van der Waals surface area contributed by atoms with E-state index in [2.05, 4.69) is 32.4 Å². The van der Waals surface area contributed by atoms with E-state index in [0.29, 0.717) is 44.9 Å². The van der Waals surface area contributed by atoms with Gasteiger partial charge in [0, 0.05) is 64.7 Å². The van der Waals surface area contributed by atoms with Gasteiger partial charge in [-0.25, -0.2) is 0 Å². The Balaban J connectivity index is 1.55. The lowest BCUT2D eigenvalue weighted by molar-refractivity contribution is -0.137. The van der Waals surface area contributed by atoms with Crippen LogP contribution < -0.4 is 10.6 Å². The lowest BCUT2D eigenvalue weighted by Gasteiger charge is -2.36. The van der Waals surface area contributed by atoms with Gasteiger partial charge in [0.2, 0.25) is 11.8 Å². The summed E-state index contributed by atoms with van der Waals surface area (Å²) in [5.41, 5.74) is 0. The summed E-state index contributed by atoms with van der Waals surface area (Å²) >= 11 is 0. The standard InChI is InChI=1S/C20H37N5O4/c1-23-11-13-24(14-12-23)15-17-5-4-10-25(17)16-19(27)22-8-2-6-18(26)21-9-3-7-20(28)29/h17H,2-16H2,1H3,(H,21,26)(H,22,27)(H,28,29)/i4+1,5+1,7+1,10+1,11+1,12+1,13+1,14+1,15+1,16+1,17+1,22+1,23+1,25+1. The van der Waals surface area contributed by atoms with Crippen molar-refractivity contribution in [2.24, 2.45) is 0 Å². The summed E-state index contributed by atoms with van der Waals surface area (Å²) in [5.74, 6) is -0.931. The predicted octanol–water partition coefficient (Wildman–Crippen LogP) is -0.424. The van der Waals surface area contributed by atoms with Gasteiger partial charge in [-0.1, -0.05) is 0 Å². The number of nitrogens with one attached hydrogen (secondary N) is 2. The number of hydrogen-bond acceptors (Lipinski definition) is 6. The Morgan fingerprint density at radius 3 is 2.28 bits per heavy atom. The van der Waals surface area contributed by atoms with Crippen molar-refractivity contribution in [1.82, 2.24) is 25.3 Å². The minimum Gasteiger partial charge on any atom is -0.481 e. The summed E-state index contributed by atoms with van der Waals surface area (Å²) in [6.07, 6.45) is 3.71. The molecule has 2 amide bonds. The molecule has 0 aliphatic carbocycles. The first-order chi connectivity index (χ1) is 13.9. The second-order valence-corrected chi connectivity index (χ2v) is 8.17. The molecule has 3 N–H and O–H groups in total. The average Bonchev–Trinajstić information content (AvgIpc) is 3.10. The number of amides is 2. The Kier molecular flexibility index (Phi) is 10.4. The van der Waals surface area contributed by atoms with Crippen molar-refractivity contribution < 1.29 is 19.5 Å². The van der Waals surface area contributed by atoms with Crippen LogP contribution in [0.3, 0.4) is 0 Å². The zero-order valence-corrected chi connectivity index (χ0v) is 17.7. The molecule has 2 aliphatic rings. The Bertz CT molecular complexity index is 537. The first kappa shape index (κ1) is 23.6. The molecule has 9 nitrogen and oxygen atoms in total. The molecule has 0 spiro atoms. The van der Waals surface area contributed by atoms with E-state index in [4.69, 9.17) is 5.11 Å². The highest BCUT2D eigenvalue weighted by atomic mass is 16.4. The maximum absolute atomic E-state index is 12.3. The second kappa shape index (κ2) is 12.8. The largest absolute Gasteiger partial charge is 0.481 e. The van der Waals surface area contributed by atoms with Crippen LogP contribution in [0.1, 0.15) is 38.5 Å². The third-order valence-electron chi connectivity index (χ3n) is 5.70. The third kappa shape index (κ3) is 9.56. The molecule has 1 atom stereocenters. The Morgan fingerprint density at radius 1 is 0.931 bits per heavy atom. The number of likely N-dealkylation sites (tertiary alicyclic amines) is 1. The third-order valence-corrected chi connectivity index (χ3v) is 5.70. The van der Waals surface area contributed by atoms with Gasteiger partial charge in [0.1, 0.15) is 0 Å². The highest BCUT2D eigenvalue weighted by molar-refractivity contribution is 5.78. The SMILES string of the molecule is C[15N]1[13CH2][13CH2]N([13CH2][13CH]2[13CH2][13CH2][13CH2][15N]2[13CH2]C(=O)[15NH]CCCC(=O)NCC[13CH2]C(=O)O)[13CH2][13CH2]1. The molecule has 1 unspecified atom stereocenters. The van der Waals surface area contributed by atoms with Crippen LogP contribution in [0.4, 0.5) is 0 Å². The minimum absolute atomic E-state index is 0.0251. The van der Waals surface area contributed by atoms with Gasteiger partial charge < -0.3 is 20.6 Å². The molecular weight excluding hydrogens is 388 g/mol. The summed E-state index contributed by atoms with van der Waals surface area (Å²) in [5, 5.41) is 14.2. The highest BCUT2D eigenvalue weighted by Crippen LogP contribution is 2.18. The lowest BCUT2D eigenvalue weighted by atomic mass is 10.3. The monoisotopic (exact) mass is 425 g/mol. The van der Waals surface area contributed by atoms with E-state index in [0.717, 1.165) is 52.1 Å². The van der Waals surface area contributed by atoms with E-state index in [-0.39, 0.29) is 18.2 Å². The van der Waals surface area contributed by atoms with Crippen LogP contribution in [0, 0.1) is 0 Å². The Hall–Kier alpha value is -1.71. The Labute approximate surface area is 173 Å². The van der Waals surface area contributed by atoms with Crippen molar-refractivity contribution in [3.63, 3.8) is 0 Å². The minimum atomic E-state index is -0.856. The van der Waals surface area contributed by atoms with Gasteiger partial charge in [-0.05, 0) is 39.3 Å². The zero-order valence-electron chi connectivity index (χ0n) is 17.7. The summed E-state index contributed by atoms with van der Waals surface area (Å²) in [7, 11) is 2.16. The number of carbonyl (C=O) groups is 3. The maximum atomic E-state index is 12.3. The van der Waals surface area contributed by atoms with Gasteiger partial charge in [0.25, 0.3) is 0 Å². The first-order valence-corrected chi connectivity index (χ1v) is 10.8. The van der Waals surface area contributed by atoms with Gasteiger partial charge in [0.15, 0.2) is 0 Å². The van der Waals surface area contributed by atoms with Gasteiger partial charge >= 0.3 is 5.97 Å². The van der Waals surface area contributed by atoms with Crippen LogP contribution in [0.15, 0.2) is 0 Å². The summed E-state index contributed by atoms with van der Waals surface area (Å²) in [4.78, 5) is 41.5. The van der Waals surface area contributed by atoms with E-state index in [9.17, 15) is 14.4 Å². The van der Waals surface area contributed by atoms with Crippen molar-refractivity contribution in [2.45, 2.75) is 44.6 Å². The Morgan fingerprint density at radius 2 is 1.59 bits per heavy atom. The molecule has 0 saturated carbocycles. The fraction of sp³-hybridized carbons (Fsp3) is 0.850. The fourth-order valence-electron chi connectivity index (χ4n) is 3.91. The molecular formula is C20H37N5O4. The zero-order chi connectivity index (χ0) is 21.1. The van der Waals surface area contributed by atoms with Crippen LogP contribution >= 0.6 is 0 Å². The summed E-state index contributed by atoms with van der Waals surface area (Å²) in [6.45, 7) is 7.74. The second-order valence-electron chi connectivity index (χ2n) is 8.17. The number of nitrogens with zero attached hydrogens (tertiary/aromatic N) is 3. The van der Waals surface area contributed by atoms with Crippen LogP contribution in [0.5, 0.6) is 0 Å². The quantitative estimate of drug-likeness (QED) is 0.222. The molecule has 2 saturated heterocycles. The van der Waals surface area contributed by atoms with E-state index >= 15 is 0 Å². The molecule has 2 rings (SSSR count).